The lowest BCUT2D eigenvalue weighted by molar-refractivity contribution is 0.173. The molecule has 130 valence electrons. The Morgan fingerprint density at radius 3 is 2.96 bits per heavy atom. The minimum atomic E-state index is 0.241. The van der Waals surface area contributed by atoms with Crippen LogP contribution in [0.1, 0.15) is 5.82 Å². The van der Waals surface area contributed by atoms with Crippen molar-refractivity contribution < 1.29 is 14.2 Å². The van der Waals surface area contributed by atoms with E-state index >= 15 is 0 Å². The van der Waals surface area contributed by atoms with Crippen LogP contribution in [0.5, 0.6) is 17.2 Å². The van der Waals surface area contributed by atoms with E-state index in [1.54, 1.807) is 11.3 Å². The van der Waals surface area contributed by atoms with Gasteiger partial charge in [-0.25, -0.2) is 0 Å². The third-order valence-electron chi connectivity index (χ3n) is 4.00. The van der Waals surface area contributed by atoms with Gasteiger partial charge in [0.1, 0.15) is 12.4 Å². The highest BCUT2D eigenvalue weighted by Crippen LogP contribution is 2.35. The summed E-state index contributed by atoms with van der Waals surface area (Å²) in [6, 6.07) is 13.2. The number of nitrogens with zero attached hydrogens (tertiary/aromatic N) is 3. The maximum absolute atomic E-state index is 6.09. The number of hydrogen-bond donors (Lipinski definition) is 0. The Bertz CT molecular complexity index is 1110. The second kappa shape index (κ2) is 6.19. The van der Waals surface area contributed by atoms with Crippen molar-refractivity contribution in [2.24, 2.45) is 0 Å². The van der Waals surface area contributed by atoms with Crippen molar-refractivity contribution in [3.8, 4) is 27.7 Å². The predicted octanol–water partition coefficient (Wildman–Crippen LogP) is 4.42. The molecule has 0 spiro atoms. The molecule has 1 aliphatic rings. The topological polar surface area (TPSA) is 57.9 Å². The average molecular weight is 386 g/mol. The fourth-order valence-corrected chi connectivity index (χ4v) is 3.86. The molecule has 0 N–H and O–H groups in total. The Kier molecular flexibility index (Phi) is 3.69. The van der Waals surface area contributed by atoms with Gasteiger partial charge in [0.05, 0.1) is 4.88 Å². The number of rotatable bonds is 4. The minimum Gasteiger partial charge on any atom is -0.485 e. The van der Waals surface area contributed by atoms with E-state index in [-0.39, 0.29) is 6.79 Å². The summed E-state index contributed by atoms with van der Waals surface area (Å²) in [6.07, 6.45) is 2.00. The monoisotopic (exact) mass is 385 g/mol. The maximum Gasteiger partial charge on any atom is 0.231 e. The molecule has 0 atom stereocenters. The van der Waals surface area contributed by atoms with Gasteiger partial charge in [0.15, 0.2) is 17.3 Å². The van der Waals surface area contributed by atoms with Gasteiger partial charge in [-0.05, 0) is 29.8 Å². The smallest absolute Gasteiger partial charge is 0.231 e. The van der Waals surface area contributed by atoms with Gasteiger partial charge in [-0.15, -0.1) is 10.2 Å². The van der Waals surface area contributed by atoms with Crippen LogP contribution in [0.2, 0.25) is 5.02 Å². The fourth-order valence-electron chi connectivity index (χ4n) is 2.74. The van der Waals surface area contributed by atoms with E-state index in [1.165, 1.54) is 0 Å². The molecule has 1 aliphatic heterocycles. The van der Waals surface area contributed by atoms with Gasteiger partial charge in [-0.1, -0.05) is 35.1 Å². The van der Waals surface area contributed by atoms with Crippen LogP contribution >= 0.6 is 22.9 Å². The summed E-state index contributed by atoms with van der Waals surface area (Å²) in [6.45, 7) is 0.539. The van der Waals surface area contributed by atoms with Gasteiger partial charge in [-0.2, -0.15) is 0 Å². The van der Waals surface area contributed by atoms with E-state index in [4.69, 9.17) is 25.8 Å². The van der Waals surface area contributed by atoms with Crippen molar-refractivity contribution in [1.29, 1.82) is 0 Å². The van der Waals surface area contributed by atoms with Crippen LogP contribution in [0.25, 0.3) is 15.4 Å². The molecule has 5 rings (SSSR count). The van der Waals surface area contributed by atoms with Crippen LogP contribution in [0.4, 0.5) is 0 Å². The summed E-state index contributed by atoms with van der Waals surface area (Å²) in [5.74, 6) is 2.83. The van der Waals surface area contributed by atoms with E-state index in [9.17, 15) is 0 Å². The molecule has 2 aromatic carbocycles. The van der Waals surface area contributed by atoms with Crippen molar-refractivity contribution in [1.82, 2.24) is 14.6 Å². The first-order chi connectivity index (χ1) is 12.8. The number of ether oxygens (including phenoxy) is 3. The zero-order valence-corrected chi connectivity index (χ0v) is 15.0. The molecule has 0 radical (unpaired) electrons. The molecule has 0 bridgehead atoms. The molecule has 6 nitrogen and oxygen atoms in total. The lowest BCUT2D eigenvalue weighted by Crippen LogP contribution is -2.00. The van der Waals surface area contributed by atoms with E-state index in [0.29, 0.717) is 23.1 Å². The zero-order chi connectivity index (χ0) is 17.5. The van der Waals surface area contributed by atoms with Crippen molar-refractivity contribution >= 4 is 27.9 Å². The standard InChI is InChI=1S/C18H12ClN3O3S/c19-12-3-1-2-11(6-12)16-8-22-17(20-21-18(22)26-16)9-23-13-4-5-14-15(7-13)25-10-24-14/h1-8H,9-10H2. The van der Waals surface area contributed by atoms with E-state index in [1.807, 2.05) is 53.1 Å². The normalized spacial score (nSPS) is 12.7. The Labute approximate surface area is 157 Å². The second-order valence-corrected chi connectivity index (χ2v) is 7.12. The average Bonchev–Trinajstić information content (AvgIpc) is 3.35. The number of aromatic nitrogens is 3. The third-order valence-corrected chi connectivity index (χ3v) is 5.26. The maximum atomic E-state index is 6.09. The molecule has 0 aliphatic carbocycles. The predicted molar refractivity (Wildman–Crippen MR) is 98.2 cm³/mol. The number of benzene rings is 2. The molecular formula is C18H12ClN3O3S. The Morgan fingerprint density at radius 2 is 2.04 bits per heavy atom. The number of thiazole rings is 1. The number of halogens is 1. The van der Waals surface area contributed by atoms with Crippen molar-refractivity contribution in [2.45, 2.75) is 6.61 Å². The highest BCUT2D eigenvalue weighted by molar-refractivity contribution is 7.20. The van der Waals surface area contributed by atoms with Crippen molar-refractivity contribution in [3.05, 3.63) is 59.5 Å². The zero-order valence-electron chi connectivity index (χ0n) is 13.4. The van der Waals surface area contributed by atoms with Crippen molar-refractivity contribution in [2.75, 3.05) is 6.79 Å². The number of fused-ring (bicyclic) bond motifs is 2. The molecule has 8 heteroatoms. The largest absolute Gasteiger partial charge is 0.485 e. The van der Waals surface area contributed by atoms with Gasteiger partial charge in [0.2, 0.25) is 11.8 Å². The minimum absolute atomic E-state index is 0.241. The Morgan fingerprint density at radius 1 is 1.12 bits per heavy atom. The van der Waals surface area contributed by atoms with Crippen LogP contribution in [-0.2, 0) is 6.61 Å². The fraction of sp³-hybridized carbons (Fsp3) is 0.111. The van der Waals surface area contributed by atoms with Crippen LogP contribution in [0.3, 0.4) is 0 Å². The SMILES string of the molecule is Clc1cccc(-c2cn3c(COc4ccc5c(c4)OCO5)nnc3s2)c1. The summed E-state index contributed by atoms with van der Waals surface area (Å²) in [5, 5.41) is 9.15. The molecule has 0 saturated heterocycles. The molecular weight excluding hydrogens is 374 g/mol. The van der Waals surface area contributed by atoms with Crippen molar-refractivity contribution in [3.63, 3.8) is 0 Å². The van der Waals surface area contributed by atoms with Gasteiger partial charge < -0.3 is 14.2 Å². The molecule has 4 aromatic rings. The third kappa shape index (κ3) is 2.75. The van der Waals surface area contributed by atoms with E-state index < -0.39 is 0 Å². The quantitative estimate of drug-likeness (QED) is 0.520. The summed E-state index contributed by atoms with van der Waals surface area (Å²) in [4.78, 5) is 1.88. The first-order valence-corrected chi connectivity index (χ1v) is 9.07. The van der Waals surface area contributed by atoms with E-state index in [0.717, 1.165) is 27.0 Å². The van der Waals surface area contributed by atoms with Crippen LogP contribution in [-0.4, -0.2) is 21.4 Å². The first kappa shape index (κ1) is 15.5. The highest BCUT2D eigenvalue weighted by Gasteiger charge is 2.15. The number of hydrogen-bond acceptors (Lipinski definition) is 6. The molecule has 0 fully saturated rings. The summed E-state index contributed by atoms with van der Waals surface area (Å²) >= 11 is 7.64. The first-order valence-electron chi connectivity index (χ1n) is 7.88. The summed E-state index contributed by atoms with van der Waals surface area (Å²) in [7, 11) is 0. The van der Waals surface area contributed by atoms with E-state index in [2.05, 4.69) is 10.2 Å². The lowest BCUT2D eigenvalue weighted by atomic mass is 10.2. The van der Waals surface area contributed by atoms with Gasteiger partial charge in [0.25, 0.3) is 0 Å². The second-order valence-electron chi connectivity index (χ2n) is 5.68. The van der Waals surface area contributed by atoms with Gasteiger partial charge in [-0.3, -0.25) is 4.40 Å². The summed E-state index contributed by atoms with van der Waals surface area (Å²) in [5.41, 5.74) is 1.05. The molecule has 3 heterocycles. The molecule has 26 heavy (non-hydrogen) atoms. The molecule has 2 aromatic heterocycles. The Balaban J connectivity index is 1.39. The Hall–Kier alpha value is -2.77. The lowest BCUT2D eigenvalue weighted by Gasteiger charge is -2.05. The van der Waals surface area contributed by atoms with Crippen LogP contribution in [0.15, 0.2) is 48.7 Å². The molecule has 0 saturated carbocycles. The van der Waals surface area contributed by atoms with Crippen LogP contribution in [0, 0.1) is 0 Å². The van der Waals surface area contributed by atoms with Gasteiger partial charge >= 0.3 is 0 Å². The molecule has 0 amide bonds. The highest BCUT2D eigenvalue weighted by atomic mass is 35.5. The van der Waals surface area contributed by atoms with Gasteiger partial charge in [0, 0.05) is 17.3 Å². The summed E-state index contributed by atoms with van der Waals surface area (Å²) < 4.78 is 18.4. The van der Waals surface area contributed by atoms with Crippen LogP contribution < -0.4 is 14.2 Å². The molecule has 0 unspecified atom stereocenters.